The van der Waals surface area contributed by atoms with Crippen molar-refractivity contribution in [3.05, 3.63) is 28.8 Å². The summed E-state index contributed by atoms with van der Waals surface area (Å²) in [5.74, 6) is -1.96. The molecule has 23 heavy (non-hydrogen) atoms. The van der Waals surface area contributed by atoms with Crippen LogP contribution in [0.25, 0.3) is 0 Å². The predicted molar refractivity (Wildman–Crippen MR) is 86.9 cm³/mol. The molecule has 1 aromatic carbocycles. The molecule has 0 aliphatic heterocycles. The highest BCUT2D eigenvalue weighted by atomic mass is 16.4. The van der Waals surface area contributed by atoms with E-state index >= 15 is 0 Å². The van der Waals surface area contributed by atoms with E-state index < -0.39 is 24.0 Å². The zero-order valence-electron chi connectivity index (χ0n) is 14.2. The Balaban J connectivity index is 3.15. The van der Waals surface area contributed by atoms with Gasteiger partial charge < -0.3 is 20.6 Å². The highest BCUT2D eigenvalue weighted by molar-refractivity contribution is 5.98. The van der Waals surface area contributed by atoms with Crippen LogP contribution in [-0.4, -0.2) is 39.3 Å². The summed E-state index contributed by atoms with van der Waals surface area (Å²) in [6.45, 7) is 8.43. The molecule has 0 saturated heterocycles. The fraction of sp³-hybridized carbons (Fsp3) is 0.529. The Morgan fingerprint density at radius 2 is 1.74 bits per heavy atom. The molecule has 0 aliphatic rings. The number of hydrogen-bond acceptors (Lipinski definition) is 4. The Morgan fingerprint density at radius 1 is 1.17 bits per heavy atom. The van der Waals surface area contributed by atoms with Crippen LogP contribution in [0.2, 0.25) is 0 Å². The third kappa shape index (κ3) is 4.45. The fourth-order valence-corrected chi connectivity index (χ4v) is 2.05. The van der Waals surface area contributed by atoms with Crippen LogP contribution in [0.3, 0.4) is 0 Å². The number of nitrogens with one attached hydrogen (secondary N) is 1. The van der Waals surface area contributed by atoms with Crippen molar-refractivity contribution in [3.63, 3.8) is 0 Å². The van der Waals surface area contributed by atoms with Gasteiger partial charge in [-0.15, -0.1) is 0 Å². The van der Waals surface area contributed by atoms with Gasteiger partial charge in [-0.1, -0.05) is 33.8 Å². The molecule has 1 unspecified atom stereocenters. The van der Waals surface area contributed by atoms with E-state index in [1.807, 2.05) is 33.8 Å². The lowest BCUT2D eigenvalue weighted by atomic mass is 9.91. The third-order valence-corrected chi connectivity index (χ3v) is 3.75. The quantitative estimate of drug-likeness (QED) is 0.642. The van der Waals surface area contributed by atoms with Crippen molar-refractivity contribution in [2.24, 2.45) is 0 Å². The highest BCUT2D eigenvalue weighted by Gasteiger charge is 2.31. The molecule has 0 spiro atoms. The Bertz CT molecular complexity index is 605. The second kappa shape index (κ2) is 7.00. The van der Waals surface area contributed by atoms with Gasteiger partial charge in [0, 0.05) is 0 Å². The van der Waals surface area contributed by atoms with Crippen LogP contribution in [0.5, 0.6) is 5.75 Å². The first-order valence-electron chi connectivity index (χ1n) is 7.58. The van der Waals surface area contributed by atoms with Gasteiger partial charge in [0.15, 0.2) is 5.60 Å². The van der Waals surface area contributed by atoms with Gasteiger partial charge in [0.2, 0.25) is 0 Å². The number of aliphatic hydroxyl groups is 1. The van der Waals surface area contributed by atoms with Crippen molar-refractivity contribution in [3.8, 4) is 5.75 Å². The van der Waals surface area contributed by atoms with E-state index in [2.05, 4.69) is 5.32 Å². The smallest absolute Gasteiger partial charge is 0.337 e. The predicted octanol–water partition coefficient (Wildman–Crippen LogP) is 2.20. The molecule has 0 fully saturated rings. The maximum Gasteiger partial charge on any atom is 0.337 e. The summed E-state index contributed by atoms with van der Waals surface area (Å²) in [5, 5.41) is 31.2. The van der Waals surface area contributed by atoms with E-state index in [0.717, 1.165) is 12.5 Å². The third-order valence-electron chi connectivity index (χ3n) is 3.75. The fourth-order valence-electron chi connectivity index (χ4n) is 2.05. The van der Waals surface area contributed by atoms with Gasteiger partial charge in [-0.05, 0) is 36.0 Å². The molecule has 1 atom stereocenters. The van der Waals surface area contributed by atoms with Crippen molar-refractivity contribution in [1.82, 2.24) is 5.32 Å². The van der Waals surface area contributed by atoms with Gasteiger partial charge in [0.25, 0.3) is 5.91 Å². The number of phenols is 1. The number of phenolic OH excluding ortho intramolecular Hbond substituents is 1. The monoisotopic (exact) mass is 323 g/mol. The summed E-state index contributed by atoms with van der Waals surface area (Å²) in [6, 6.07) is 3.46. The minimum atomic E-state index is -2.07. The molecule has 0 aromatic heterocycles. The number of aliphatic carboxylic acids is 1. The number of carboxylic acid groups (broad SMARTS) is 1. The number of amides is 1. The average molecular weight is 323 g/mol. The van der Waals surface area contributed by atoms with E-state index in [-0.39, 0.29) is 23.1 Å². The lowest BCUT2D eigenvalue weighted by Gasteiger charge is -2.20. The number of aromatic hydroxyl groups is 1. The van der Waals surface area contributed by atoms with E-state index in [9.17, 15) is 19.8 Å². The van der Waals surface area contributed by atoms with Crippen molar-refractivity contribution in [2.75, 3.05) is 6.54 Å². The number of hydrogen-bond donors (Lipinski definition) is 4. The average Bonchev–Trinajstić information content (AvgIpc) is 2.44. The normalized spacial score (nSPS) is 13.9. The van der Waals surface area contributed by atoms with Crippen molar-refractivity contribution in [1.29, 1.82) is 0 Å². The summed E-state index contributed by atoms with van der Waals surface area (Å²) in [7, 11) is 0. The molecule has 0 saturated carbocycles. The van der Waals surface area contributed by atoms with Crippen molar-refractivity contribution < 1.29 is 24.9 Å². The number of carbonyl (C=O) groups excluding carboxylic acids is 1. The molecule has 0 heterocycles. The van der Waals surface area contributed by atoms with Crippen LogP contribution < -0.4 is 5.32 Å². The van der Waals surface area contributed by atoms with Crippen LogP contribution in [-0.2, 0) is 4.79 Å². The molecule has 0 bridgehead atoms. The largest absolute Gasteiger partial charge is 0.507 e. The molecule has 128 valence electrons. The van der Waals surface area contributed by atoms with Gasteiger partial charge in [0.1, 0.15) is 5.75 Å². The van der Waals surface area contributed by atoms with E-state index in [0.29, 0.717) is 5.56 Å². The summed E-state index contributed by atoms with van der Waals surface area (Å²) >= 11 is 0. The lowest BCUT2D eigenvalue weighted by Crippen LogP contribution is -2.46. The topological polar surface area (TPSA) is 107 Å². The van der Waals surface area contributed by atoms with Crippen LogP contribution in [0, 0.1) is 0 Å². The number of rotatable bonds is 6. The molecular formula is C17H25NO5. The maximum atomic E-state index is 12.3. The number of carboxylic acids is 1. The summed E-state index contributed by atoms with van der Waals surface area (Å²) in [6.07, 6.45) is 0. The molecule has 0 radical (unpaired) electrons. The SMILES string of the molecule is CC(C)c1cc(C(=O)NCC(C)(O)C(=O)O)c(O)c(C(C)C)c1. The first kappa shape index (κ1) is 19.0. The second-order valence-electron chi connectivity index (χ2n) is 6.58. The minimum Gasteiger partial charge on any atom is -0.507 e. The molecule has 1 amide bonds. The molecule has 1 aromatic rings. The molecule has 1 rings (SSSR count). The lowest BCUT2D eigenvalue weighted by molar-refractivity contribution is -0.155. The summed E-state index contributed by atoms with van der Waals surface area (Å²) in [4.78, 5) is 23.2. The Kier molecular flexibility index (Phi) is 5.77. The Hall–Kier alpha value is -2.08. The zero-order valence-corrected chi connectivity index (χ0v) is 14.2. The Labute approximate surface area is 136 Å². The van der Waals surface area contributed by atoms with Crippen LogP contribution in [0.4, 0.5) is 0 Å². The molecule has 4 N–H and O–H groups in total. The molecular weight excluding hydrogens is 298 g/mol. The Morgan fingerprint density at radius 3 is 2.17 bits per heavy atom. The van der Waals surface area contributed by atoms with Gasteiger partial charge in [-0.2, -0.15) is 0 Å². The molecule has 6 heteroatoms. The van der Waals surface area contributed by atoms with Crippen LogP contribution in [0.15, 0.2) is 12.1 Å². The maximum absolute atomic E-state index is 12.3. The first-order chi connectivity index (χ1) is 10.5. The van der Waals surface area contributed by atoms with Gasteiger partial charge >= 0.3 is 5.97 Å². The van der Waals surface area contributed by atoms with Gasteiger partial charge in [0.05, 0.1) is 12.1 Å². The zero-order chi connectivity index (χ0) is 17.9. The standard InChI is InChI=1S/C17H25NO5/c1-9(2)11-6-12(10(3)4)14(19)13(7-11)15(20)18-8-17(5,23)16(21)22/h6-7,9-10,19,23H,8H2,1-5H3,(H,18,20)(H,21,22). The van der Waals surface area contributed by atoms with Gasteiger partial charge in [-0.3, -0.25) is 4.79 Å². The van der Waals surface area contributed by atoms with Crippen LogP contribution >= 0.6 is 0 Å². The first-order valence-corrected chi connectivity index (χ1v) is 7.58. The molecule has 6 nitrogen and oxygen atoms in total. The summed E-state index contributed by atoms with van der Waals surface area (Å²) < 4.78 is 0. The minimum absolute atomic E-state index is 0.0300. The van der Waals surface area contributed by atoms with E-state index in [4.69, 9.17) is 5.11 Å². The summed E-state index contributed by atoms with van der Waals surface area (Å²) in [5.41, 5.74) is -0.420. The van der Waals surface area contributed by atoms with Crippen LogP contribution in [0.1, 0.15) is 67.9 Å². The molecule has 0 aliphatic carbocycles. The number of carbonyl (C=O) groups is 2. The van der Waals surface area contributed by atoms with Gasteiger partial charge in [-0.25, -0.2) is 4.79 Å². The van der Waals surface area contributed by atoms with E-state index in [1.165, 1.54) is 0 Å². The highest BCUT2D eigenvalue weighted by Crippen LogP contribution is 2.33. The van der Waals surface area contributed by atoms with E-state index in [1.54, 1.807) is 6.07 Å². The second-order valence-corrected chi connectivity index (χ2v) is 6.58. The van der Waals surface area contributed by atoms with Crippen molar-refractivity contribution >= 4 is 11.9 Å². The number of benzene rings is 1. The van der Waals surface area contributed by atoms with Crippen molar-refractivity contribution in [2.45, 2.75) is 52.1 Å².